The van der Waals surface area contributed by atoms with E-state index in [-0.39, 0.29) is 6.03 Å². The van der Waals surface area contributed by atoms with E-state index in [1.807, 2.05) is 0 Å². The molecule has 0 unspecified atom stereocenters. The first-order valence-electron chi connectivity index (χ1n) is 7.45. The Bertz CT molecular complexity index is 654. The third-order valence-corrected chi connectivity index (χ3v) is 5.80. The first-order valence-corrected chi connectivity index (χ1v) is 9.15. The van der Waals surface area contributed by atoms with Gasteiger partial charge in [0.15, 0.2) is 4.34 Å². The zero-order chi connectivity index (χ0) is 16.1. The largest absolute Gasteiger partial charge is 0.497 e. The van der Waals surface area contributed by atoms with Gasteiger partial charge in [0.05, 0.1) is 7.11 Å². The van der Waals surface area contributed by atoms with Gasteiger partial charge in [-0.2, -0.15) is 0 Å². The number of benzene rings is 1. The van der Waals surface area contributed by atoms with Crippen LogP contribution in [-0.2, 0) is 0 Å². The van der Waals surface area contributed by atoms with Gasteiger partial charge in [0.1, 0.15) is 5.75 Å². The summed E-state index contributed by atoms with van der Waals surface area (Å²) in [6.07, 6.45) is 5.08. The summed E-state index contributed by atoms with van der Waals surface area (Å²) in [5, 5.41) is 14.8. The summed E-state index contributed by atoms with van der Waals surface area (Å²) in [6.45, 7) is 0. The second kappa shape index (κ2) is 7.65. The molecule has 2 N–H and O–H groups in total. The molecule has 1 saturated carbocycles. The number of nitrogens with one attached hydrogen (secondary N) is 2. The van der Waals surface area contributed by atoms with Gasteiger partial charge in [-0.25, -0.2) is 4.79 Å². The third-order valence-electron chi connectivity index (χ3n) is 3.54. The lowest BCUT2D eigenvalue weighted by atomic mass is 10.3. The molecule has 8 heteroatoms. The van der Waals surface area contributed by atoms with E-state index in [0.29, 0.717) is 16.1 Å². The van der Waals surface area contributed by atoms with Crippen molar-refractivity contribution in [2.45, 2.75) is 35.3 Å². The van der Waals surface area contributed by atoms with Crippen molar-refractivity contribution in [2.75, 3.05) is 17.7 Å². The van der Waals surface area contributed by atoms with Crippen molar-refractivity contribution in [2.24, 2.45) is 0 Å². The number of ether oxygens (including phenoxy) is 1. The normalized spacial score (nSPS) is 14.7. The average molecular weight is 350 g/mol. The van der Waals surface area contributed by atoms with Gasteiger partial charge in [0.25, 0.3) is 0 Å². The quantitative estimate of drug-likeness (QED) is 0.789. The minimum Gasteiger partial charge on any atom is -0.497 e. The van der Waals surface area contributed by atoms with Crippen molar-refractivity contribution in [1.82, 2.24) is 10.2 Å². The highest BCUT2D eigenvalue weighted by Crippen LogP contribution is 2.36. The zero-order valence-corrected chi connectivity index (χ0v) is 14.4. The molecule has 6 nitrogen and oxygen atoms in total. The smallest absolute Gasteiger partial charge is 0.325 e. The number of anilines is 2. The Morgan fingerprint density at radius 3 is 2.65 bits per heavy atom. The molecule has 1 aromatic carbocycles. The molecule has 0 aliphatic heterocycles. The van der Waals surface area contributed by atoms with Crippen LogP contribution in [0, 0.1) is 0 Å². The highest BCUT2D eigenvalue weighted by atomic mass is 32.2. The van der Waals surface area contributed by atoms with Crippen molar-refractivity contribution in [3.8, 4) is 5.75 Å². The van der Waals surface area contributed by atoms with Gasteiger partial charge in [0.2, 0.25) is 5.13 Å². The van der Waals surface area contributed by atoms with E-state index in [2.05, 4.69) is 20.8 Å². The molecular weight excluding hydrogens is 332 g/mol. The van der Waals surface area contributed by atoms with Gasteiger partial charge in [-0.15, -0.1) is 10.2 Å². The Balaban J connectivity index is 1.51. The number of methoxy groups -OCH3 is 1. The van der Waals surface area contributed by atoms with E-state index in [1.54, 1.807) is 43.1 Å². The minimum absolute atomic E-state index is 0.330. The summed E-state index contributed by atoms with van der Waals surface area (Å²) in [5.41, 5.74) is 0.688. The Hall–Kier alpha value is -1.80. The maximum atomic E-state index is 12.0. The van der Waals surface area contributed by atoms with Crippen molar-refractivity contribution in [3.05, 3.63) is 24.3 Å². The van der Waals surface area contributed by atoms with Crippen LogP contribution in [0.2, 0.25) is 0 Å². The molecule has 2 aromatic rings. The van der Waals surface area contributed by atoms with Gasteiger partial charge in [-0.1, -0.05) is 35.9 Å². The van der Waals surface area contributed by atoms with E-state index in [9.17, 15) is 4.79 Å². The SMILES string of the molecule is COc1ccc(NC(=O)Nc2nnc(SC3CCCC3)s2)cc1. The number of aromatic nitrogens is 2. The third kappa shape index (κ3) is 4.59. The molecule has 0 saturated heterocycles. The molecule has 1 aromatic heterocycles. The van der Waals surface area contributed by atoms with Crippen LogP contribution in [0.4, 0.5) is 15.6 Å². The maximum absolute atomic E-state index is 12.0. The van der Waals surface area contributed by atoms with Crippen LogP contribution in [0.1, 0.15) is 25.7 Å². The first kappa shape index (κ1) is 16.1. The fourth-order valence-electron chi connectivity index (χ4n) is 2.39. The molecule has 0 spiro atoms. The zero-order valence-electron chi connectivity index (χ0n) is 12.7. The summed E-state index contributed by atoms with van der Waals surface area (Å²) in [5.74, 6) is 0.744. The molecule has 1 fully saturated rings. The molecule has 1 aliphatic carbocycles. The molecular formula is C15H18N4O2S2. The van der Waals surface area contributed by atoms with Crippen LogP contribution in [0.5, 0.6) is 5.75 Å². The molecule has 3 rings (SSSR count). The predicted molar refractivity (Wildman–Crippen MR) is 93.7 cm³/mol. The second-order valence-electron chi connectivity index (χ2n) is 5.21. The standard InChI is InChI=1S/C15H18N4O2S2/c1-21-11-8-6-10(7-9-11)16-13(20)17-14-18-19-15(23-14)22-12-4-2-3-5-12/h6-9,12H,2-5H2,1H3,(H2,16,17,18,20). The molecule has 0 atom stereocenters. The highest BCUT2D eigenvalue weighted by Gasteiger charge is 2.18. The lowest BCUT2D eigenvalue weighted by molar-refractivity contribution is 0.262. The lowest BCUT2D eigenvalue weighted by Crippen LogP contribution is -2.19. The Morgan fingerprint density at radius 1 is 1.22 bits per heavy atom. The molecule has 2 amide bonds. The van der Waals surface area contributed by atoms with Crippen LogP contribution >= 0.6 is 23.1 Å². The topological polar surface area (TPSA) is 76.1 Å². The summed E-state index contributed by atoms with van der Waals surface area (Å²) >= 11 is 3.18. The lowest BCUT2D eigenvalue weighted by Gasteiger charge is -2.06. The van der Waals surface area contributed by atoms with Crippen molar-refractivity contribution in [3.63, 3.8) is 0 Å². The van der Waals surface area contributed by atoms with E-state index in [1.165, 1.54) is 37.0 Å². The van der Waals surface area contributed by atoms with Crippen LogP contribution in [0.3, 0.4) is 0 Å². The molecule has 1 aliphatic rings. The second-order valence-corrected chi connectivity index (χ2v) is 7.73. The number of hydrogen-bond donors (Lipinski definition) is 2. The number of rotatable bonds is 5. The van der Waals surface area contributed by atoms with E-state index in [4.69, 9.17) is 4.74 Å². The molecule has 23 heavy (non-hydrogen) atoms. The number of carbonyl (C=O) groups excluding carboxylic acids is 1. The highest BCUT2D eigenvalue weighted by molar-refractivity contribution is 8.01. The van der Waals surface area contributed by atoms with Gasteiger partial charge in [-0.05, 0) is 37.1 Å². The van der Waals surface area contributed by atoms with Crippen molar-refractivity contribution in [1.29, 1.82) is 0 Å². The van der Waals surface area contributed by atoms with E-state index in [0.717, 1.165) is 10.1 Å². The number of urea groups is 1. The van der Waals surface area contributed by atoms with Crippen LogP contribution in [-0.4, -0.2) is 28.6 Å². The van der Waals surface area contributed by atoms with Gasteiger partial charge >= 0.3 is 6.03 Å². The van der Waals surface area contributed by atoms with Crippen LogP contribution < -0.4 is 15.4 Å². The average Bonchev–Trinajstić information content (AvgIpc) is 3.21. The summed E-state index contributed by atoms with van der Waals surface area (Å²) in [7, 11) is 1.60. The van der Waals surface area contributed by atoms with Crippen LogP contribution in [0.25, 0.3) is 0 Å². The summed E-state index contributed by atoms with van der Waals surface area (Å²) in [6, 6.07) is 6.80. The number of amides is 2. The number of nitrogens with zero attached hydrogens (tertiary/aromatic N) is 2. The monoisotopic (exact) mass is 350 g/mol. The summed E-state index contributed by atoms with van der Waals surface area (Å²) < 4.78 is 5.99. The number of carbonyl (C=O) groups is 1. The van der Waals surface area contributed by atoms with E-state index < -0.39 is 0 Å². The Labute approximate surface area is 143 Å². The van der Waals surface area contributed by atoms with Gasteiger partial charge in [-0.3, -0.25) is 5.32 Å². The molecule has 0 radical (unpaired) electrons. The Morgan fingerprint density at radius 2 is 1.96 bits per heavy atom. The molecule has 1 heterocycles. The van der Waals surface area contributed by atoms with Crippen molar-refractivity contribution < 1.29 is 9.53 Å². The molecule has 122 valence electrons. The van der Waals surface area contributed by atoms with Gasteiger partial charge < -0.3 is 10.1 Å². The minimum atomic E-state index is -0.330. The molecule has 0 bridgehead atoms. The van der Waals surface area contributed by atoms with Gasteiger partial charge in [0, 0.05) is 10.9 Å². The fraction of sp³-hybridized carbons (Fsp3) is 0.400. The maximum Gasteiger partial charge on any atom is 0.325 e. The summed E-state index contributed by atoms with van der Waals surface area (Å²) in [4.78, 5) is 12.0. The first-order chi connectivity index (χ1) is 11.2. The fourth-order valence-corrected chi connectivity index (χ4v) is 4.64. The van der Waals surface area contributed by atoms with Crippen molar-refractivity contribution >= 4 is 39.9 Å². The van der Waals surface area contributed by atoms with E-state index >= 15 is 0 Å². The van der Waals surface area contributed by atoms with Crippen LogP contribution in [0.15, 0.2) is 28.6 Å². The Kier molecular flexibility index (Phi) is 5.35. The number of hydrogen-bond acceptors (Lipinski definition) is 6. The number of thioether (sulfide) groups is 1. The predicted octanol–water partition coefficient (Wildman–Crippen LogP) is 4.23.